The van der Waals surface area contributed by atoms with E-state index in [2.05, 4.69) is 42.0 Å². The monoisotopic (exact) mass is 212 g/mol. The molecule has 0 bridgehead atoms. The lowest BCUT2D eigenvalue weighted by Crippen LogP contribution is -2.11. The Morgan fingerprint density at radius 3 is 3.06 bits per heavy atom. The average Bonchev–Trinajstić information content (AvgIpc) is 2.67. The van der Waals surface area contributed by atoms with Crippen LogP contribution in [-0.4, -0.2) is 17.2 Å². The molecule has 0 amide bonds. The normalized spacial score (nSPS) is 15.0. The van der Waals surface area contributed by atoms with E-state index in [0.29, 0.717) is 0 Å². The first-order chi connectivity index (χ1) is 7.79. The minimum Gasteiger partial charge on any atom is -0.353 e. The van der Waals surface area contributed by atoms with Gasteiger partial charge in [-0.25, -0.2) is 0 Å². The first kappa shape index (κ1) is 9.64. The molecule has 0 aliphatic carbocycles. The zero-order valence-corrected chi connectivity index (χ0v) is 9.80. The number of nitrogens with zero attached hydrogens (tertiary/aromatic N) is 1. The molecular weight excluding hydrogens is 196 g/mol. The van der Waals surface area contributed by atoms with Crippen molar-refractivity contribution >= 4 is 16.6 Å². The maximum atomic E-state index is 4.59. The second-order valence-corrected chi connectivity index (χ2v) is 4.46. The summed E-state index contributed by atoms with van der Waals surface area (Å²) in [6, 6.07) is 6.62. The molecule has 1 N–H and O–H groups in total. The lowest BCUT2D eigenvalue weighted by atomic mass is 10.0. The minimum absolute atomic E-state index is 0.942. The van der Waals surface area contributed by atoms with E-state index < -0.39 is 0 Å². The third kappa shape index (κ3) is 1.29. The quantitative estimate of drug-likeness (QED) is 0.751. The third-order valence-electron chi connectivity index (χ3n) is 3.35. The van der Waals surface area contributed by atoms with Gasteiger partial charge in [0.15, 0.2) is 0 Å². The van der Waals surface area contributed by atoms with E-state index in [1.807, 2.05) is 0 Å². The van der Waals surface area contributed by atoms with Crippen LogP contribution in [0.2, 0.25) is 0 Å². The van der Waals surface area contributed by atoms with E-state index in [9.17, 15) is 0 Å². The van der Waals surface area contributed by atoms with E-state index in [0.717, 1.165) is 19.4 Å². The van der Waals surface area contributed by atoms with Crippen molar-refractivity contribution in [1.29, 1.82) is 0 Å². The highest BCUT2D eigenvalue weighted by Gasteiger charge is 2.17. The summed E-state index contributed by atoms with van der Waals surface area (Å²) >= 11 is 0. The van der Waals surface area contributed by atoms with Crippen LogP contribution < -0.4 is 0 Å². The summed E-state index contributed by atoms with van der Waals surface area (Å²) in [5.41, 5.74) is 6.54. The Balaban J connectivity index is 2.30. The van der Waals surface area contributed by atoms with Gasteiger partial charge < -0.3 is 4.98 Å². The number of hydrogen-bond donors (Lipinski definition) is 1. The summed E-state index contributed by atoms with van der Waals surface area (Å²) in [5, 5.41) is 1.39. The Labute approximate surface area is 95.4 Å². The predicted octanol–water partition coefficient (Wildman–Crippen LogP) is 3.23. The largest absolute Gasteiger partial charge is 0.353 e. The first-order valence-electron chi connectivity index (χ1n) is 5.94. The molecule has 16 heavy (non-hydrogen) atoms. The number of fused-ring (bicyclic) bond motifs is 3. The standard InChI is InChI=1S/C14H16N2/c1-3-12-14-10(6-7-15-12)11-8-9(2)4-5-13(11)16-14/h4-5,8,16H,3,6-7H2,1-2H3. The molecule has 3 rings (SSSR count). The highest BCUT2D eigenvalue weighted by molar-refractivity contribution is 6.06. The molecule has 2 heterocycles. The van der Waals surface area contributed by atoms with Crippen LogP contribution in [0.1, 0.15) is 30.2 Å². The van der Waals surface area contributed by atoms with Gasteiger partial charge in [0.1, 0.15) is 0 Å². The predicted molar refractivity (Wildman–Crippen MR) is 68.4 cm³/mol. The number of benzene rings is 1. The van der Waals surface area contributed by atoms with Crippen molar-refractivity contribution < 1.29 is 0 Å². The maximum absolute atomic E-state index is 4.59. The molecule has 1 aliphatic heterocycles. The van der Waals surface area contributed by atoms with Crippen LogP contribution in [-0.2, 0) is 6.42 Å². The van der Waals surface area contributed by atoms with Gasteiger partial charge in [-0.3, -0.25) is 4.99 Å². The number of aliphatic imine (C=N–C) groups is 1. The van der Waals surface area contributed by atoms with Crippen LogP contribution in [0.3, 0.4) is 0 Å². The molecule has 1 aromatic heterocycles. The molecule has 1 aromatic carbocycles. The molecule has 0 saturated carbocycles. The number of aromatic nitrogens is 1. The summed E-state index contributed by atoms with van der Waals surface area (Å²) in [4.78, 5) is 8.11. The van der Waals surface area contributed by atoms with Gasteiger partial charge in [0.2, 0.25) is 0 Å². The van der Waals surface area contributed by atoms with Crippen LogP contribution in [0.5, 0.6) is 0 Å². The summed E-state index contributed by atoms with van der Waals surface area (Å²) in [5.74, 6) is 0. The van der Waals surface area contributed by atoms with Crippen molar-refractivity contribution in [2.24, 2.45) is 4.99 Å². The van der Waals surface area contributed by atoms with Crippen molar-refractivity contribution in [2.75, 3.05) is 6.54 Å². The Hall–Kier alpha value is -1.57. The number of rotatable bonds is 1. The van der Waals surface area contributed by atoms with Crippen LogP contribution in [0.4, 0.5) is 0 Å². The van der Waals surface area contributed by atoms with Gasteiger partial charge in [0.25, 0.3) is 0 Å². The number of aryl methyl sites for hydroxylation is 1. The Morgan fingerprint density at radius 1 is 1.38 bits per heavy atom. The first-order valence-corrected chi connectivity index (χ1v) is 5.94. The molecule has 0 atom stereocenters. The third-order valence-corrected chi connectivity index (χ3v) is 3.35. The molecule has 0 fully saturated rings. The van der Waals surface area contributed by atoms with Crippen LogP contribution in [0.25, 0.3) is 10.9 Å². The van der Waals surface area contributed by atoms with Gasteiger partial charge in [-0.15, -0.1) is 0 Å². The second-order valence-electron chi connectivity index (χ2n) is 4.46. The highest BCUT2D eigenvalue weighted by atomic mass is 14.8. The molecular formula is C14H16N2. The van der Waals surface area contributed by atoms with Gasteiger partial charge >= 0.3 is 0 Å². The van der Waals surface area contributed by atoms with Gasteiger partial charge in [-0.05, 0) is 37.5 Å². The molecule has 0 spiro atoms. The van der Waals surface area contributed by atoms with Gasteiger partial charge in [-0.2, -0.15) is 0 Å². The second kappa shape index (κ2) is 3.48. The van der Waals surface area contributed by atoms with Gasteiger partial charge in [-0.1, -0.05) is 18.6 Å². The van der Waals surface area contributed by atoms with Crippen molar-refractivity contribution in [3.63, 3.8) is 0 Å². The van der Waals surface area contributed by atoms with E-state index in [-0.39, 0.29) is 0 Å². The fraction of sp³-hybridized carbons (Fsp3) is 0.357. The van der Waals surface area contributed by atoms with Crippen molar-refractivity contribution in [1.82, 2.24) is 4.98 Å². The molecule has 0 radical (unpaired) electrons. The number of H-pyrrole nitrogens is 1. The Morgan fingerprint density at radius 2 is 2.25 bits per heavy atom. The lowest BCUT2D eigenvalue weighted by molar-refractivity contribution is 0.934. The fourth-order valence-electron chi connectivity index (χ4n) is 2.54. The summed E-state index contributed by atoms with van der Waals surface area (Å²) in [6.45, 7) is 5.26. The summed E-state index contributed by atoms with van der Waals surface area (Å²) in [7, 11) is 0. The van der Waals surface area contributed by atoms with Crippen molar-refractivity contribution in [3.05, 3.63) is 35.0 Å². The SMILES string of the molecule is CCC1=NCCc2c1[nH]c1ccc(C)cc21. The number of aromatic amines is 1. The molecule has 2 aromatic rings. The maximum Gasteiger partial charge on any atom is 0.0638 e. The minimum atomic E-state index is 0.942. The molecule has 0 saturated heterocycles. The zero-order valence-electron chi connectivity index (χ0n) is 9.80. The van der Waals surface area contributed by atoms with E-state index in [4.69, 9.17) is 0 Å². The number of nitrogens with one attached hydrogen (secondary N) is 1. The van der Waals surface area contributed by atoms with E-state index >= 15 is 0 Å². The van der Waals surface area contributed by atoms with Crippen LogP contribution >= 0.6 is 0 Å². The van der Waals surface area contributed by atoms with Crippen molar-refractivity contribution in [2.45, 2.75) is 26.7 Å². The molecule has 0 unspecified atom stereocenters. The zero-order chi connectivity index (χ0) is 11.1. The lowest BCUT2D eigenvalue weighted by Gasteiger charge is -2.11. The smallest absolute Gasteiger partial charge is 0.0638 e. The van der Waals surface area contributed by atoms with E-state index in [1.54, 1.807) is 0 Å². The molecule has 2 nitrogen and oxygen atoms in total. The van der Waals surface area contributed by atoms with Gasteiger partial charge in [0, 0.05) is 17.4 Å². The highest BCUT2D eigenvalue weighted by Crippen LogP contribution is 2.27. The molecule has 82 valence electrons. The summed E-state index contributed by atoms with van der Waals surface area (Å²) < 4.78 is 0. The topological polar surface area (TPSA) is 28.1 Å². The Bertz CT molecular complexity index is 576. The van der Waals surface area contributed by atoms with E-state index in [1.165, 1.54) is 33.4 Å². The van der Waals surface area contributed by atoms with Crippen molar-refractivity contribution in [3.8, 4) is 0 Å². The fourth-order valence-corrected chi connectivity index (χ4v) is 2.54. The summed E-state index contributed by atoms with van der Waals surface area (Å²) in [6.07, 6.45) is 2.08. The van der Waals surface area contributed by atoms with Gasteiger partial charge in [0.05, 0.1) is 11.4 Å². The average molecular weight is 212 g/mol. The van der Waals surface area contributed by atoms with Crippen LogP contribution in [0.15, 0.2) is 23.2 Å². The number of hydrogen-bond acceptors (Lipinski definition) is 1. The molecule has 2 heteroatoms. The van der Waals surface area contributed by atoms with Crippen LogP contribution in [0, 0.1) is 6.92 Å². The molecule has 1 aliphatic rings. The Kier molecular flexibility index (Phi) is 2.10.